The van der Waals surface area contributed by atoms with Crippen LogP contribution in [0.1, 0.15) is 34.3 Å². The fraction of sp³-hybridized carbons (Fsp3) is 0.250. The number of anilines is 2. The largest absolute Gasteiger partial charge is 0.325 e. The van der Waals surface area contributed by atoms with Crippen LogP contribution >= 0.6 is 11.6 Å². The van der Waals surface area contributed by atoms with Gasteiger partial charge in [-0.05, 0) is 49.2 Å². The Hall–Kier alpha value is -4.08. The first-order valence-corrected chi connectivity index (χ1v) is 12.8. The zero-order chi connectivity index (χ0) is 26.4. The van der Waals surface area contributed by atoms with Gasteiger partial charge >= 0.3 is 0 Å². The summed E-state index contributed by atoms with van der Waals surface area (Å²) in [4.78, 5) is 56.1. The van der Waals surface area contributed by atoms with Crippen LogP contribution in [0.15, 0.2) is 66.7 Å². The van der Waals surface area contributed by atoms with Crippen molar-refractivity contribution in [3.8, 4) is 0 Å². The molecule has 4 atom stereocenters. The second kappa shape index (κ2) is 7.72. The van der Waals surface area contributed by atoms with E-state index in [0.29, 0.717) is 40.5 Å². The molecule has 0 radical (unpaired) electrons. The Balaban J connectivity index is 1.58. The first kappa shape index (κ1) is 23.1. The van der Waals surface area contributed by atoms with Gasteiger partial charge in [0.15, 0.2) is 5.78 Å². The Kier molecular flexibility index (Phi) is 4.69. The van der Waals surface area contributed by atoms with E-state index in [0.717, 1.165) is 6.42 Å². The van der Waals surface area contributed by atoms with E-state index in [4.69, 9.17) is 11.6 Å². The summed E-state index contributed by atoms with van der Waals surface area (Å²) in [5.74, 6) is -2.46. The van der Waals surface area contributed by atoms with Gasteiger partial charge in [-0.1, -0.05) is 41.9 Å². The molecular weight excluding hydrogens is 508 g/mol. The topological polar surface area (TPSA) is 122 Å². The van der Waals surface area contributed by atoms with E-state index in [1.54, 1.807) is 24.3 Å². The van der Waals surface area contributed by atoms with Crippen molar-refractivity contribution in [3.63, 3.8) is 0 Å². The van der Waals surface area contributed by atoms with Crippen molar-refractivity contribution in [2.24, 2.45) is 5.92 Å². The smallest absolute Gasteiger partial charge is 0.270 e. The summed E-state index contributed by atoms with van der Waals surface area (Å²) in [7, 11) is 0. The molecule has 4 aliphatic rings. The van der Waals surface area contributed by atoms with Gasteiger partial charge in [-0.3, -0.25) is 29.4 Å². The van der Waals surface area contributed by atoms with Crippen LogP contribution in [-0.2, 0) is 20.5 Å². The van der Waals surface area contributed by atoms with Crippen LogP contribution in [0, 0.1) is 16.0 Å². The number of nitro groups is 1. The first-order valence-electron chi connectivity index (χ1n) is 12.4. The number of amides is 2. The highest BCUT2D eigenvalue weighted by atomic mass is 35.5. The molecule has 0 saturated carbocycles. The summed E-state index contributed by atoms with van der Waals surface area (Å²) < 4.78 is 0. The van der Waals surface area contributed by atoms with Gasteiger partial charge in [0.2, 0.25) is 11.8 Å². The van der Waals surface area contributed by atoms with E-state index in [1.165, 1.54) is 24.3 Å². The maximum absolute atomic E-state index is 14.7. The number of nitrogens with zero attached hydrogens (tertiary/aromatic N) is 2. The summed E-state index contributed by atoms with van der Waals surface area (Å²) in [6, 6.07) is 17.4. The Labute approximate surface area is 221 Å². The fourth-order valence-corrected chi connectivity index (χ4v) is 7.63. The highest BCUT2D eigenvalue weighted by Crippen LogP contribution is 2.66. The molecule has 0 bridgehead atoms. The van der Waals surface area contributed by atoms with Crippen molar-refractivity contribution in [2.45, 2.75) is 29.8 Å². The maximum Gasteiger partial charge on any atom is 0.270 e. The standard InChI is InChI=1S/C28H21ClN4O5/c29-16-10-11-21-19(14-16)28(26(36)31-21)24(23(34)15-5-3-6-17(13-15)33(37)38)27(22-9-4-12-32(22)28)18-7-1-2-8-20(18)30-25(27)35/h1-3,5-8,10-11,13-14,22,24H,4,9,12H2,(H,30,35)(H,31,36)/t22-,24+,27+,28+/m1/s1. The molecule has 4 aliphatic heterocycles. The zero-order valence-electron chi connectivity index (χ0n) is 19.9. The van der Waals surface area contributed by atoms with E-state index in [1.807, 2.05) is 23.1 Å². The molecule has 9 nitrogen and oxygen atoms in total. The van der Waals surface area contributed by atoms with Gasteiger partial charge in [0.25, 0.3) is 5.69 Å². The number of hydrogen-bond acceptors (Lipinski definition) is 6. The molecule has 0 aliphatic carbocycles. The Morgan fingerprint density at radius 1 is 0.974 bits per heavy atom. The van der Waals surface area contributed by atoms with Crippen LogP contribution in [0.2, 0.25) is 5.02 Å². The van der Waals surface area contributed by atoms with Crippen molar-refractivity contribution in [2.75, 3.05) is 17.2 Å². The van der Waals surface area contributed by atoms with E-state index in [9.17, 15) is 24.5 Å². The van der Waals surface area contributed by atoms with Gasteiger partial charge in [0.1, 0.15) is 11.0 Å². The van der Waals surface area contributed by atoms with E-state index in [-0.39, 0.29) is 17.2 Å². The predicted molar refractivity (Wildman–Crippen MR) is 139 cm³/mol. The van der Waals surface area contributed by atoms with Crippen molar-refractivity contribution in [1.29, 1.82) is 0 Å². The van der Waals surface area contributed by atoms with Crippen molar-refractivity contribution in [1.82, 2.24) is 4.90 Å². The van der Waals surface area contributed by atoms with Crippen LogP contribution < -0.4 is 10.6 Å². The molecule has 2 spiro atoms. The lowest BCUT2D eigenvalue weighted by molar-refractivity contribution is -0.384. The van der Waals surface area contributed by atoms with Crippen LogP contribution in [0.25, 0.3) is 0 Å². The monoisotopic (exact) mass is 528 g/mol. The van der Waals surface area contributed by atoms with Gasteiger partial charge in [0, 0.05) is 45.7 Å². The van der Waals surface area contributed by atoms with Gasteiger partial charge in [-0.15, -0.1) is 0 Å². The fourth-order valence-electron chi connectivity index (χ4n) is 7.46. The molecule has 2 amide bonds. The van der Waals surface area contributed by atoms with Gasteiger partial charge < -0.3 is 10.6 Å². The number of non-ortho nitro benzene ring substituents is 1. The minimum absolute atomic E-state index is 0.0737. The van der Waals surface area contributed by atoms with E-state index >= 15 is 0 Å². The molecular formula is C28H21ClN4O5. The molecule has 2 fully saturated rings. The van der Waals surface area contributed by atoms with Gasteiger partial charge in [0.05, 0.1) is 10.8 Å². The van der Waals surface area contributed by atoms with Crippen LogP contribution in [-0.4, -0.2) is 40.0 Å². The van der Waals surface area contributed by atoms with Crippen LogP contribution in [0.3, 0.4) is 0 Å². The molecule has 0 aromatic heterocycles. The highest BCUT2D eigenvalue weighted by Gasteiger charge is 2.78. The second-order valence-electron chi connectivity index (χ2n) is 10.2. The summed E-state index contributed by atoms with van der Waals surface area (Å²) in [5, 5.41) is 17.9. The number of Topliss-reactive ketones (excluding diaryl/α,β-unsaturated/α-hetero) is 1. The third-order valence-electron chi connectivity index (χ3n) is 8.69. The van der Waals surface area contributed by atoms with Crippen LogP contribution in [0.4, 0.5) is 17.1 Å². The minimum atomic E-state index is -1.53. The molecule has 0 unspecified atom stereocenters. The quantitative estimate of drug-likeness (QED) is 0.297. The molecule has 2 N–H and O–H groups in total. The lowest BCUT2D eigenvalue weighted by atomic mass is 9.60. The highest BCUT2D eigenvalue weighted by molar-refractivity contribution is 6.31. The molecule has 7 rings (SSSR count). The Morgan fingerprint density at radius 3 is 2.55 bits per heavy atom. The SMILES string of the molecule is O=C(c1cccc([N+](=O)[O-])c1)[C@H]1[C@@]2(C(=O)Nc3ccccc32)[C@H]2CCCN2[C@]12C(=O)Nc1ccc(Cl)cc12. The summed E-state index contributed by atoms with van der Waals surface area (Å²) in [6.07, 6.45) is 1.34. The molecule has 10 heteroatoms. The lowest BCUT2D eigenvalue weighted by Gasteiger charge is -2.38. The number of benzene rings is 3. The van der Waals surface area contributed by atoms with E-state index < -0.39 is 39.5 Å². The predicted octanol–water partition coefficient (Wildman–Crippen LogP) is 4.26. The second-order valence-corrected chi connectivity index (χ2v) is 10.7. The zero-order valence-corrected chi connectivity index (χ0v) is 20.7. The van der Waals surface area contributed by atoms with Gasteiger partial charge in [-0.25, -0.2) is 0 Å². The summed E-state index contributed by atoms with van der Waals surface area (Å²) in [5.41, 5.74) is -0.759. The number of ketones is 1. The molecule has 2 saturated heterocycles. The number of rotatable bonds is 3. The lowest BCUT2D eigenvalue weighted by Crippen LogP contribution is -2.55. The summed E-state index contributed by atoms with van der Waals surface area (Å²) >= 11 is 6.44. The molecule has 3 aromatic rings. The summed E-state index contributed by atoms with van der Waals surface area (Å²) in [6.45, 7) is 0.500. The number of carbonyl (C=O) groups excluding carboxylic acids is 3. The number of hydrogen-bond donors (Lipinski definition) is 2. The molecule has 38 heavy (non-hydrogen) atoms. The third-order valence-corrected chi connectivity index (χ3v) is 8.93. The molecule has 4 heterocycles. The van der Waals surface area contributed by atoms with Gasteiger partial charge in [-0.2, -0.15) is 0 Å². The minimum Gasteiger partial charge on any atom is -0.325 e. The maximum atomic E-state index is 14.7. The first-order chi connectivity index (χ1) is 18.3. The number of carbonyl (C=O) groups is 3. The number of nitrogens with one attached hydrogen (secondary N) is 2. The Morgan fingerprint density at radius 2 is 1.74 bits per heavy atom. The van der Waals surface area contributed by atoms with Crippen molar-refractivity contribution < 1.29 is 19.3 Å². The van der Waals surface area contributed by atoms with Crippen molar-refractivity contribution in [3.05, 3.63) is 98.6 Å². The number of fused-ring (bicyclic) bond motifs is 7. The average Bonchev–Trinajstić information content (AvgIpc) is 3.63. The van der Waals surface area contributed by atoms with E-state index in [2.05, 4.69) is 10.6 Å². The number of nitro benzene ring substituents is 1. The number of halogens is 1. The average molecular weight is 529 g/mol. The third kappa shape index (κ3) is 2.62. The molecule has 190 valence electrons. The molecule has 3 aromatic carbocycles. The van der Waals surface area contributed by atoms with Crippen LogP contribution in [0.5, 0.6) is 0 Å². The van der Waals surface area contributed by atoms with Crippen molar-refractivity contribution >= 4 is 46.3 Å². The normalized spacial score (nSPS) is 28.8. The Bertz CT molecular complexity index is 1610. The number of para-hydroxylation sites is 1.